The van der Waals surface area contributed by atoms with Gasteiger partial charge in [0.2, 0.25) is 0 Å². The molecule has 0 saturated carbocycles. The molecule has 0 fully saturated rings. The fourth-order valence-corrected chi connectivity index (χ4v) is 3.94. The van der Waals surface area contributed by atoms with E-state index in [4.69, 9.17) is 9.47 Å². The lowest BCUT2D eigenvalue weighted by Crippen LogP contribution is -2.22. The van der Waals surface area contributed by atoms with E-state index in [1.54, 1.807) is 0 Å². The first kappa shape index (κ1) is 27.9. The number of Topliss-reactive ketones (excluding diaryl/α,β-unsaturated/α-hetero) is 1. The van der Waals surface area contributed by atoms with E-state index < -0.39 is 0 Å². The van der Waals surface area contributed by atoms with Gasteiger partial charge in [-0.05, 0) is 54.7 Å². The van der Waals surface area contributed by atoms with Crippen molar-refractivity contribution < 1.29 is 19.1 Å². The van der Waals surface area contributed by atoms with Gasteiger partial charge in [-0.2, -0.15) is 0 Å². The maximum absolute atomic E-state index is 12.4. The molecule has 0 spiro atoms. The van der Waals surface area contributed by atoms with E-state index in [1.807, 2.05) is 80.6 Å². The van der Waals surface area contributed by atoms with Crippen molar-refractivity contribution in [3.63, 3.8) is 0 Å². The minimum absolute atomic E-state index is 0.0706. The molecule has 0 aliphatic carbocycles. The van der Waals surface area contributed by atoms with Gasteiger partial charge in [-0.25, -0.2) is 4.79 Å². The highest BCUT2D eigenvalue weighted by Crippen LogP contribution is 2.33. The Bertz CT molecular complexity index is 1200. The second-order valence-electron chi connectivity index (χ2n) is 8.79. The van der Waals surface area contributed by atoms with Crippen molar-refractivity contribution in [2.24, 2.45) is 0 Å². The van der Waals surface area contributed by atoms with Crippen LogP contribution in [0.15, 0.2) is 78.4 Å². The molecule has 0 saturated heterocycles. The molecular formula is C32H37NO4. The van der Waals surface area contributed by atoms with Gasteiger partial charge in [0.1, 0.15) is 5.75 Å². The molecule has 0 radical (unpaired) electrons. The van der Waals surface area contributed by atoms with Crippen molar-refractivity contribution in [3.8, 4) is 16.9 Å². The lowest BCUT2D eigenvalue weighted by molar-refractivity contribution is -0.138. The molecule has 3 aromatic carbocycles. The number of unbranched alkanes of at least 4 members (excludes halogenated alkanes) is 1. The highest BCUT2D eigenvalue weighted by molar-refractivity contribution is 5.97. The van der Waals surface area contributed by atoms with Gasteiger partial charge in [-0.15, -0.1) is 0 Å². The van der Waals surface area contributed by atoms with E-state index in [0.29, 0.717) is 37.3 Å². The molecular weight excluding hydrogens is 462 g/mol. The highest BCUT2D eigenvalue weighted by Gasteiger charge is 2.12. The van der Waals surface area contributed by atoms with Crippen molar-refractivity contribution in [3.05, 3.63) is 95.1 Å². The average Bonchev–Trinajstić information content (AvgIpc) is 2.92. The predicted octanol–water partition coefficient (Wildman–Crippen LogP) is 6.86. The second-order valence-corrected chi connectivity index (χ2v) is 8.79. The summed E-state index contributed by atoms with van der Waals surface area (Å²) >= 11 is 0. The Balaban J connectivity index is 1.79. The molecule has 0 aliphatic rings. The summed E-state index contributed by atoms with van der Waals surface area (Å²) in [6, 6.07) is 23.6. The summed E-state index contributed by atoms with van der Waals surface area (Å²) in [6.45, 7) is 7.73. The third-order valence-electron chi connectivity index (χ3n) is 5.97. The smallest absolute Gasteiger partial charge is 0.333 e. The number of benzene rings is 3. The fourth-order valence-electron chi connectivity index (χ4n) is 3.94. The molecule has 3 aromatic rings. The number of nitrogens with one attached hydrogen (secondary N) is 1. The summed E-state index contributed by atoms with van der Waals surface area (Å²) in [5.41, 5.74) is 5.35. The Kier molecular flexibility index (Phi) is 11.1. The zero-order chi connectivity index (χ0) is 26.5. The van der Waals surface area contributed by atoms with Crippen molar-refractivity contribution in [1.82, 2.24) is 5.32 Å². The Labute approximate surface area is 220 Å². The molecule has 1 N–H and O–H groups in total. The highest BCUT2D eigenvalue weighted by atomic mass is 16.5. The van der Waals surface area contributed by atoms with Crippen molar-refractivity contribution >= 4 is 17.8 Å². The largest absolute Gasteiger partial charge is 0.493 e. The molecule has 0 aromatic heterocycles. The lowest BCUT2D eigenvalue weighted by Gasteiger charge is -2.14. The third-order valence-corrected chi connectivity index (χ3v) is 5.97. The summed E-state index contributed by atoms with van der Waals surface area (Å²) in [7, 11) is 0. The normalized spacial score (nSPS) is 11.3. The topological polar surface area (TPSA) is 64.6 Å². The number of rotatable bonds is 14. The van der Waals surface area contributed by atoms with E-state index in [0.717, 1.165) is 40.8 Å². The van der Waals surface area contributed by atoms with Crippen LogP contribution in [-0.4, -0.2) is 31.5 Å². The van der Waals surface area contributed by atoms with Crippen LogP contribution in [0.4, 0.5) is 0 Å². The van der Waals surface area contributed by atoms with Crippen LogP contribution in [0, 0.1) is 0 Å². The van der Waals surface area contributed by atoms with Gasteiger partial charge >= 0.3 is 5.97 Å². The standard InChI is InChI=1S/C32H37NO4/c1-4-7-18-37-31-21-24(19-26(5-2)32(35)36-6-3)16-17-29(31)28-15-11-12-25(20-28)22-33-23-30(34)27-13-9-8-10-14-27/h8-17,19-21,33H,4-7,18,22-23H2,1-3H3/b26-19+. The van der Waals surface area contributed by atoms with Crippen LogP contribution in [0.3, 0.4) is 0 Å². The van der Waals surface area contributed by atoms with Gasteiger partial charge in [0.25, 0.3) is 0 Å². The Morgan fingerprint density at radius 1 is 0.919 bits per heavy atom. The molecule has 3 rings (SSSR count). The van der Waals surface area contributed by atoms with Gasteiger partial charge < -0.3 is 14.8 Å². The van der Waals surface area contributed by atoms with Crippen LogP contribution in [0.2, 0.25) is 0 Å². The van der Waals surface area contributed by atoms with E-state index in [9.17, 15) is 9.59 Å². The zero-order valence-corrected chi connectivity index (χ0v) is 22.1. The summed E-state index contributed by atoms with van der Waals surface area (Å²) in [4.78, 5) is 24.6. The molecule has 5 heteroatoms. The van der Waals surface area contributed by atoms with Crippen molar-refractivity contribution in [2.45, 2.75) is 46.6 Å². The van der Waals surface area contributed by atoms with E-state index >= 15 is 0 Å². The van der Waals surface area contributed by atoms with Crippen LogP contribution in [0.1, 0.15) is 61.5 Å². The maximum atomic E-state index is 12.4. The molecule has 0 aliphatic heterocycles. The van der Waals surface area contributed by atoms with Gasteiger partial charge in [-0.1, -0.05) is 80.9 Å². The number of hydrogen-bond donors (Lipinski definition) is 1. The molecule has 5 nitrogen and oxygen atoms in total. The fraction of sp³-hybridized carbons (Fsp3) is 0.312. The molecule has 0 heterocycles. The van der Waals surface area contributed by atoms with Crippen LogP contribution in [0.5, 0.6) is 5.75 Å². The number of ether oxygens (including phenoxy) is 2. The Hall–Kier alpha value is -3.70. The number of carbonyl (C=O) groups is 2. The van der Waals surface area contributed by atoms with Gasteiger partial charge in [0.05, 0.1) is 19.8 Å². The van der Waals surface area contributed by atoms with E-state index in [1.165, 1.54) is 0 Å². The van der Waals surface area contributed by atoms with E-state index in [-0.39, 0.29) is 18.3 Å². The van der Waals surface area contributed by atoms with Crippen molar-refractivity contribution in [2.75, 3.05) is 19.8 Å². The Morgan fingerprint density at radius 2 is 1.73 bits per heavy atom. The monoisotopic (exact) mass is 499 g/mol. The van der Waals surface area contributed by atoms with Gasteiger partial charge in [-0.3, -0.25) is 4.79 Å². The first-order valence-corrected chi connectivity index (χ1v) is 13.1. The lowest BCUT2D eigenvalue weighted by atomic mass is 9.99. The molecule has 194 valence electrons. The summed E-state index contributed by atoms with van der Waals surface area (Å²) in [5, 5.41) is 3.26. The summed E-state index contributed by atoms with van der Waals surface area (Å²) in [5.74, 6) is 0.570. The SMILES string of the molecule is CCCCOc1cc(/C=C(\CC)C(=O)OCC)ccc1-c1cccc(CNCC(=O)c2ccccc2)c1. The summed E-state index contributed by atoms with van der Waals surface area (Å²) in [6.07, 6.45) is 4.47. The van der Waals surface area contributed by atoms with Crippen molar-refractivity contribution in [1.29, 1.82) is 0 Å². The van der Waals surface area contributed by atoms with Crippen LogP contribution < -0.4 is 10.1 Å². The number of hydrogen-bond acceptors (Lipinski definition) is 5. The maximum Gasteiger partial charge on any atom is 0.333 e. The molecule has 0 amide bonds. The molecule has 0 bridgehead atoms. The van der Waals surface area contributed by atoms with Crippen LogP contribution in [-0.2, 0) is 16.1 Å². The summed E-state index contributed by atoms with van der Waals surface area (Å²) < 4.78 is 11.4. The zero-order valence-electron chi connectivity index (χ0n) is 22.1. The average molecular weight is 500 g/mol. The third kappa shape index (κ3) is 8.43. The second kappa shape index (κ2) is 14.8. The molecule has 0 atom stereocenters. The number of carbonyl (C=O) groups excluding carboxylic acids is 2. The minimum atomic E-state index is -0.284. The molecule has 37 heavy (non-hydrogen) atoms. The minimum Gasteiger partial charge on any atom is -0.493 e. The Morgan fingerprint density at radius 3 is 2.46 bits per heavy atom. The predicted molar refractivity (Wildman–Crippen MR) is 150 cm³/mol. The quantitative estimate of drug-likeness (QED) is 0.114. The number of esters is 1. The number of ketones is 1. The van der Waals surface area contributed by atoms with Crippen LogP contribution >= 0.6 is 0 Å². The first-order valence-electron chi connectivity index (χ1n) is 13.1. The van der Waals surface area contributed by atoms with E-state index in [2.05, 4.69) is 24.4 Å². The first-order chi connectivity index (χ1) is 18.0. The van der Waals surface area contributed by atoms with Gasteiger partial charge in [0.15, 0.2) is 5.78 Å². The van der Waals surface area contributed by atoms with Crippen LogP contribution in [0.25, 0.3) is 17.2 Å². The van der Waals surface area contributed by atoms with Gasteiger partial charge in [0, 0.05) is 23.2 Å². The molecule has 0 unspecified atom stereocenters.